The van der Waals surface area contributed by atoms with Crippen molar-refractivity contribution in [2.45, 2.75) is 13.3 Å². The lowest BCUT2D eigenvalue weighted by Gasteiger charge is -2.35. The first kappa shape index (κ1) is 16.7. The van der Waals surface area contributed by atoms with Gasteiger partial charge in [-0.05, 0) is 31.2 Å². The van der Waals surface area contributed by atoms with Gasteiger partial charge in [0.1, 0.15) is 5.82 Å². The monoisotopic (exact) mass is 309 g/mol. The van der Waals surface area contributed by atoms with E-state index in [2.05, 4.69) is 17.1 Å². The summed E-state index contributed by atoms with van der Waals surface area (Å²) in [4.78, 5) is 16.2. The van der Waals surface area contributed by atoms with Crippen LogP contribution < -0.4 is 10.2 Å². The SMILES string of the molecule is CCN1CCN(c2ccc(C(=O)NCCCO)cc2F)CC1. The summed E-state index contributed by atoms with van der Waals surface area (Å²) in [6, 6.07) is 4.62. The lowest BCUT2D eigenvalue weighted by molar-refractivity contribution is 0.0950. The van der Waals surface area contributed by atoms with Crippen LogP contribution in [-0.4, -0.2) is 61.8 Å². The molecular weight excluding hydrogens is 285 g/mol. The van der Waals surface area contributed by atoms with E-state index >= 15 is 0 Å². The quantitative estimate of drug-likeness (QED) is 0.772. The van der Waals surface area contributed by atoms with Gasteiger partial charge in [0.05, 0.1) is 5.69 Å². The van der Waals surface area contributed by atoms with E-state index in [1.807, 2.05) is 4.90 Å². The van der Waals surface area contributed by atoms with E-state index in [-0.39, 0.29) is 18.3 Å². The number of likely N-dealkylation sites (N-methyl/N-ethyl adjacent to an activating group) is 1. The normalized spacial score (nSPS) is 15.9. The van der Waals surface area contributed by atoms with Crippen LogP contribution in [0.25, 0.3) is 0 Å². The predicted molar refractivity (Wildman–Crippen MR) is 84.8 cm³/mol. The second-order valence-corrected chi connectivity index (χ2v) is 5.42. The van der Waals surface area contributed by atoms with Crippen molar-refractivity contribution in [3.8, 4) is 0 Å². The molecule has 1 aliphatic heterocycles. The van der Waals surface area contributed by atoms with Gasteiger partial charge in [-0.2, -0.15) is 0 Å². The van der Waals surface area contributed by atoms with Crippen LogP contribution in [0.3, 0.4) is 0 Å². The fourth-order valence-electron chi connectivity index (χ4n) is 2.59. The molecule has 1 aliphatic rings. The van der Waals surface area contributed by atoms with Crippen LogP contribution in [0.5, 0.6) is 0 Å². The molecule has 2 N–H and O–H groups in total. The predicted octanol–water partition coefficient (Wildman–Crippen LogP) is 1.08. The Morgan fingerprint density at radius 1 is 1.32 bits per heavy atom. The third-order valence-electron chi connectivity index (χ3n) is 3.99. The average Bonchev–Trinajstić information content (AvgIpc) is 2.55. The number of halogens is 1. The number of aliphatic hydroxyl groups excluding tert-OH is 1. The Labute approximate surface area is 130 Å². The molecule has 1 aromatic carbocycles. The average molecular weight is 309 g/mol. The van der Waals surface area contributed by atoms with Gasteiger partial charge in [-0.3, -0.25) is 4.79 Å². The number of amides is 1. The van der Waals surface area contributed by atoms with Gasteiger partial charge in [0.15, 0.2) is 0 Å². The van der Waals surface area contributed by atoms with Gasteiger partial charge in [-0.1, -0.05) is 6.92 Å². The molecular formula is C16H24FN3O2. The summed E-state index contributed by atoms with van der Waals surface area (Å²) in [6.07, 6.45) is 0.494. The van der Waals surface area contributed by atoms with Crippen molar-refractivity contribution < 1.29 is 14.3 Å². The molecule has 0 spiro atoms. The zero-order valence-corrected chi connectivity index (χ0v) is 13.0. The summed E-state index contributed by atoms with van der Waals surface area (Å²) in [6.45, 7) is 7.01. The number of anilines is 1. The Hall–Kier alpha value is -1.66. The molecule has 122 valence electrons. The van der Waals surface area contributed by atoms with Crippen LogP contribution in [0.2, 0.25) is 0 Å². The lowest BCUT2D eigenvalue weighted by atomic mass is 10.1. The fourth-order valence-corrected chi connectivity index (χ4v) is 2.59. The van der Waals surface area contributed by atoms with Gasteiger partial charge >= 0.3 is 0 Å². The van der Waals surface area contributed by atoms with E-state index in [0.717, 1.165) is 32.7 Å². The first-order valence-corrected chi connectivity index (χ1v) is 7.81. The topological polar surface area (TPSA) is 55.8 Å². The van der Waals surface area contributed by atoms with E-state index in [1.165, 1.54) is 6.07 Å². The van der Waals surface area contributed by atoms with E-state index in [9.17, 15) is 9.18 Å². The molecule has 0 bridgehead atoms. The van der Waals surface area contributed by atoms with Crippen LogP contribution in [0, 0.1) is 5.82 Å². The van der Waals surface area contributed by atoms with Crippen molar-refractivity contribution in [3.63, 3.8) is 0 Å². The van der Waals surface area contributed by atoms with Crippen molar-refractivity contribution >= 4 is 11.6 Å². The van der Waals surface area contributed by atoms with Crippen molar-refractivity contribution in [1.29, 1.82) is 0 Å². The number of nitrogens with zero attached hydrogens (tertiary/aromatic N) is 2. The second-order valence-electron chi connectivity index (χ2n) is 5.42. The highest BCUT2D eigenvalue weighted by molar-refractivity contribution is 5.94. The highest BCUT2D eigenvalue weighted by Crippen LogP contribution is 2.22. The van der Waals surface area contributed by atoms with E-state index in [0.29, 0.717) is 24.2 Å². The summed E-state index contributed by atoms with van der Waals surface area (Å²) >= 11 is 0. The molecule has 6 heteroatoms. The van der Waals surface area contributed by atoms with Gasteiger partial charge in [-0.15, -0.1) is 0 Å². The Morgan fingerprint density at radius 3 is 2.64 bits per heavy atom. The van der Waals surface area contributed by atoms with E-state index < -0.39 is 0 Å². The minimum Gasteiger partial charge on any atom is -0.396 e. The van der Waals surface area contributed by atoms with Crippen LogP contribution >= 0.6 is 0 Å². The van der Waals surface area contributed by atoms with Gasteiger partial charge in [0.25, 0.3) is 5.91 Å². The van der Waals surface area contributed by atoms with Crippen molar-refractivity contribution in [1.82, 2.24) is 10.2 Å². The smallest absolute Gasteiger partial charge is 0.251 e. The second kappa shape index (κ2) is 8.10. The molecule has 2 rings (SSSR count). The van der Waals surface area contributed by atoms with Crippen LogP contribution in [-0.2, 0) is 0 Å². The fraction of sp³-hybridized carbons (Fsp3) is 0.562. The molecule has 0 radical (unpaired) electrons. The molecule has 0 unspecified atom stereocenters. The highest BCUT2D eigenvalue weighted by Gasteiger charge is 2.19. The van der Waals surface area contributed by atoms with Gasteiger partial charge < -0.3 is 20.2 Å². The third-order valence-corrected chi connectivity index (χ3v) is 3.99. The lowest BCUT2D eigenvalue weighted by Crippen LogP contribution is -2.46. The summed E-state index contributed by atoms with van der Waals surface area (Å²) < 4.78 is 14.3. The van der Waals surface area contributed by atoms with Gasteiger partial charge in [-0.25, -0.2) is 4.39 Å². The number of carbonyl (C=O) groups excluding carboxylic acids is 1. The number of benzene rings is 1. The van der Waals surface area contributed by atoms with Gasteiger partial charge in [0.2, 0.25) is 0 Å². The summed E-state index contributed by atoms with van der Waals surface area (Å²) in [7, 11) is 0. The molecule has 1 aromatic rings. The number of hydrogen-bond donors (Lipinski definition) is 2. The first-order chi connectivity index (χ1) is 10.7. The van der Waals surface area contributed by atoms with Crippen molar-refractivity contribution in [3.05, 3.63) is 29.6 Å². The van der Waals surface area contributed by atoms with Crippen LogP contribution in [0.1, 0.15) is 23.7 Å². The Kier molecular flexibility index (Phi) is 6.15. The summed E-state index contributed by atoms with van der Waals surface area (Å²) in [5.74, 6) is -0.672. The number of hydrogen-bond acceptors (Lipinski definition) is 4. The van der Waals surface area contributed by atoms with Gasteiger partial charge in [0, 0.05) is 44.9 Å². The zero-order valence-electron chi connectivity index (χ0n) is 13.0. The van der Waals surface area contributed by atoms with Crippen molar-refractivity contribution in [2.24, 2.45) is 0 Å². The molecule has 1 heterocycles. The highest BCUT2D eigenvalue weighted by atomic mass is 19.1. The number of piperazine rings is 1. The molecule has 0 atom stereocenters. The molecule has 0 saturated carbocycles. The maximum absolute atomic E-state index is 14.3. The zero-order chi connectivity index (χ0) is 15.9. The largest absolute Gasteiger partial charge is 0.396 e. The molecule has 1 saturated heterocycles. The van der Waals surface area contributed by atoms with E-state index in [4.69, 9.17) is 5.11 Å². The molecule has 1 amide bonds. The van der Waals surface area contributed by atoms with E-state index in [1.54, 1.807) is 12.1 Å². The minimum absolute atomic E-state index is 0.0251. The Morgan fingerprint density at radius 2 is 2.05 bits per heavy atom. The standard InChI is InChI=1S/C16H24FN3O2/c1-2-19-7-9-20(10-8-19)15-5-4-13(12-14(15)17)16(22)18-6-3-11-21/h4-5,12,21H,2-3,6-11H2,1H3,(H,18,22). The number of rotatable bonds is 6. The third kappa shape index (κ3) is 4.18. The molecule has 1 fully saturated rings. The number of carbonyl (C=O) groups is 1. The summed E-state index contributed by atoms with van der Waals surface area (Å²) in [5.41, 5.74) is 0.869. The Bertz CT molecular complexity index is 502. The number of aliphatic hydroxyl groups is 1. The molecule has 0 aliphatic carbocycles. The molecule has 22 heavy (non-hydrogen) atoms. The molecule has 5 nitrogen and oxygen atoms in total. The molecule has 0 aromatic heterocycles. The van der Waals surface area contributed by atoms with Crippen LogP contribution in [0.15, 0.2) is 18.2 Å². The number of nitrogens with one attached hydrogen (secondary N) is 1. The maximum Gasteiger partial charge on any atom is 0.251 e. The Balaban J connectivity index is 1.99. The summed E-state index contributed by atoms with van der Waals surface area (Å²) in [5, 5.41) is 11.3. The van der Waals surface area contributed by atoms with Crippen LogP contribution in [0.4, 0.5) is 10.1 Å². The minimum atomic E-state index is -0.361. The van der Waals surface area contributed by atoms with Crippen molar-refractivity contribution in [2.75, 3.05) is 50.8 Å². The first-order valence-electron chi connectivity index (χ1n) is 7.81. The maximum atomic E-state index is 14.3.